The normalized spacial score (nSPS) is 11.8. The molecular weight excluding hydrogens is 461 g/mol. The number of amides is 1. The summed E-state index contributed by atoms with van der Waals surface area (Å²) in [5.41, 5.74) is 3.29. The quantitative estimate of drug-likeness (QED) is 0.411. The summed E-state index contributed by atoms with van der Waals surface area (Å²) < 4.78 is 43.6. The van der Waals surface area contributed by atoms with Crippen LogP contribution in [0.3, 0.4) is 0 Å². The maximum atomic E-state index is 12.9. The van der Waals surface area contributed by atoms with Gasteiger partial charge in [0.25, 0.3) is 5.91 Å². The highest BCUT2D eigenvalue weighted by Gasteiger charge is 2.30. The van der Waals surface area contributed by atoms with E-state index in [-0.39, 0.29) is 12.2 Å². The molecule has 178 valence electrons. The molecule has 0 bridgehead atoms. The molecule has 0 fully saturated rings. The predicted molar refractivity (Wildman–Crippen MR) is 121 cm³/mol. The van der Waals surface area contributed by atoms with E-state index in [0.717, 1.165) is 29.1 Å². The van der Waals surface area contributed by atoms with E-state index in [0.29, 0.717) is 16.9 Å². The van der Waals surface area contributed by atoms with Crippen LogP contribution in [0.25, 0.3) is 16.9 Å². The number of carbonyl (C=O) groups excluding carboxylic acids is 1. The van der Waals surface area contributed by atoms with Crippen LogP contribution in [-0.2, 0) is 19.8 Å². The van der Waals surface area contributed by atoms with Crippen LogP contribution in [-0.4, -0.2) is 40.1 Å². The predicted octanol–water partition coefficient (Wildman–Crippen LogP) is 3.95. The number of anilines is 1. The van der Waals surface area contributed by atoms with E-state index in [9.17, 15) is 18.0 Å². The first-order valence-corrected chi connectivity index (χ1v) is 10.5. The molecule has 1 aromatic carbocycles. The van der Waals surface area contributed by atoms with Gasteiger partial charge in [-0.2, -0.15) is 28.5 Å². The van der Waals surface area contributed by atoms with E-state index in [1.807, 2.05) is 14.0 Å². The summed E-state index contributed by atoms with van der Waals surface area (Å²) in [5.74, 6) is -0.469. The van der Waals surface area contributed by atoms with Crippen LogP contribution < -0.4 is 5.32 Å². The fraction of sp³-hybridized carbons (Fsp3) is 0.174. The minimum atomic E-state index is -4.42. The number of fused-ring (bicyclic) bond motifs is 1. The Bertz CT molecular complexity index is 1550. The second-order valence-electron chi connectivity index (χ2n) is 7.98. The SMILES string of the molecule is Cc1c(-c2ccnc3cc(C(=O)Nc4cnn(Cc5cccc(C(F)(F)F)c5)c4)nn23)cnn1C. The number of hydrogen-bond acceptors (Lipinski definition) is 5. The highest BCUT2D eigenvalue weighted by atomic mass is 19.4. The Kier molecular flexibility index (Phi) is 5.35. The molecule has 4 aromatic heterocycles. The molecule has 0 atom stereocenters. The van der Waals surface area contributed by atoms with Gasteiger partial charge in [0, 0.05) is 36.8 Å². The van der Waals surface area contributed by atoms with Crippen LogP contribution in [0, 0.1) is 6.92 Å². The zero-order valence-corrected chi connectivity index (χ0v) is 18.7. The Hall–Kier alpha value is -4.48. The maximum Gasteiger partial charge on any atom is 0.416 e. The summed E-state index contributed by atoms with van der Waals surface area (Å²) in [6.45, 7) is 2.05. The number of nitrogens with one attached hydrogen (secondary N) is 1. The van der Waals surface area contributed by atoms with Crippen molar-refractivity contribution in [2.45, 2.75) is 19.6 Å². The zero-order valence-electron chi connectivity index (χ0n) is 18.7. The Morgan fingerprint density at radius 2 is 1.94 bits per heavy atom. The molecule has 1 amide bonds. The third kappa shape index (κ3) is 4.37. The average Bonchev–Trinajstić information content (AvgIpc) is 3.53. The van der Waals surface area contributed by atoms with Crippen LogP contribution in [0.4, 0.5) is 18.9 Å². The van der Waals surface area contributed by atoms with Gasteiger partial charge in [0.1, 0.15) is 0 Å². The minimum Gasteiger partial charge on any atom is -0.318 e. The summed E-state index contributed by atoms with van der Waals surface area (Å²) in [6.07, 6.45) is 1.90. The van der Waals surface area contributed by atoms with Gasteiger partial charge in [-0.3, -0.25) is 14.2 Å². The molecule has 4 heterocycles. The molecule has 0 saturated heterocycles. The molecule has 9 nitrogen and oxygen atoms in total. The third-order valence-electron chi connectivity index (χ3n) is 5.59. The van der Waals surface area contributed by atoms with Crippen molar-refractivity contribution in [3.05, 3.63) is 83.7 Å². The third-order valence-corrected chi connectivity index (χ3v) is 5.59. The molecule has 0 aliphatic heterocycles. The molecule has 12 heteroatoms. The molecule has 0 aliphatic carbocycles. The fourth-order valence-corrected chi connectivity index (χ4v) is 3.70. The lowest BCUT2D eigenvalue weighted by Gasteiger charge is -2.08. The van der Waals surface area contributed by atoms with E-state index in [4.69, 9.17) is 0 Å². The fourth-order valence-electron chi connectivity index (χ4n) is 3.70. The number of benzene rings is 1. The van der Waals surface area contributed by atoms with Gasteiger partial charge in [-0.25, -0.2) is 9.50 Å². The van der Waals surface area contributed by atoms with Gasteiger partial charge in [-0.15, -0.1) is 0 Å². The molecule has 0 spiro atoms. The molecule has 5 rings (SSSR count). The van der Waals surface area contributed by atoms with Crippen molar-refractivity contribution in [2.75, 3.05) is 5.32 Å². The van der Waals surface area contributed by atoms with Crippen molar-refractivity contribution < 1.29 is 18.0 Å². The number of carbonyl (C=O) groups is 1. The highest BCUT2D eigenvalue weighted by molar-refractivity contribution is 6.03. The zero-order chi connectivity index (χ0) is 24.7. The van der Waals surface area contributed by atoms with E-state index < -0.39 is 17.6 Å². The monoisotopic (exact) mass is 480 g/mol. The van der Waals surface area contributed by atoms with Crippen LogP contribution in [0.2, 0.25) is 0 Å². The van der Waals surface area contributed by atoms with E-state index >= 15 is 0 Å². The molecule has 0 saturated carbocycles. The molecule has 0 aliphatic rings. The van der Waals surface area contributed by atoms with Crippen molar-refractivity contribution in [3.8, 4) is 11.3 Å². The first kappa shape index (κ1) is 22.3. The van der Waals surface area contributed by atoms with E-state index in [1.165, 1.54) is 23.1 Å². The van der Waals surface area contributed by atoms with Crippen LogP contribution in [0.5, 0.6) is 0 Å². The van der Waals surface area contributed by atoms with Crippen LogP contribution >= 0.6 is 0 Å². The number of aromatic nitrogens is 7. The van der Waals surface area contributed by atoms with Gasteiger partial charge in [-0.1, -0.05) is 12.1 Å². The number of nitrogens with zero attached hydrogens (tertiary/aromatic N) is 7. The summed E-state index contributed by atoms with van der Waals surface area (Å²) >= 11 is 0. The molecule has 0 radical (unpaired) electrons. The van der Waals surface area contributed by atoms with Gasteiger partial charge in [0.05, 0.1) is 35.9 Å². The average molecular weight is 480 g/mol. The van der Waals surface area contributed by atoms with Gasteiger partial charge < -0.3 is 5.32 Å². The first-order chi connectivity index (χ1) is 16.7. The van der Waals surface area contributed by atoms with Crippen molar-refractivity contribution >= 4 is 17.2 Å². The number of halogens is 3. The standard InChI is InChI=1S/C23H19F3N8O/c1-14-18(11-28-32(14)2)20-6-7-27-21-9-19(31-34(20)21)22(35)30-17-10-29-33(13-17)12-15-4-3-5-16(8-15)23(24,25)26/h3-11,13H,12H2,1-2H3,(H,30,35). The van der Waals surface area contributed by atoms with Crippen LogP contribution in [0.1, 0.15) is 27.3 Å². The first-order valence-electron chi connectivity index (χ1n) is 10.5. The lowest BCUT2D eigenvalue weighted by atomic mass is 10.1. The molecule has 1 N–H and O–H groups in total. The van der Waals surface area contributed by atoms with Gasteiger partial charge >= 0.3 is 6.18 Å². The summed E-state index contributed by atoms with van der Waals surface area (Å²) in [7, 11) is 1.84. The number of aryl methyl sites for hydroxylation is 1. The van der Waals surface area contributed by atoms with Crippen molar-refractivity contribution in [1.29, 1.82) is 0 Å². The lowest BCUT2D eigenvalue weighted by molar-refractivity contribution is -0.137. The molecule has 0 unspecified atom stereocenters. The largest absolute Gasteiger partial charge is 0.416 e. The summed E-state index contributed by atoms with van der Waals surface area (Å²) in [5, 5.41) is 15.5. The molecule has 35 heavy (non-hydrogen) atoms. The van der Waals surface area contributed by atoms with Gasteiger partial charge in [0.15, 0.2) is 11.3 Å². The molecular formula is C23H19F3N8O. The summed E-state index contributed by atoms with van der Waals surface area (Å²) in [6, 6.07) is 8.39. The molecule has 5 aromatic rings. The summed E-state index contributed by atoms with van der Waals surface area (Å²) in [4.78, 5) is 17.1. The Balaban J connectivity index is 1.34. The highest BCUT2D eigenvalue weighted by Crippen LogP contribution is 2.29. The number of rotatable bonds is 5. The number of hydrogen-bond donors (Lipinski definition) is 1. The van der Waals surface area contributed by atoms with E-state index in [2.05, 4.69) is 25.6 Å². The number of alkyl halides is 3. The second kappa shape index (κ2) is 8.38. The Morgan fingerprint density at radius 1 is 1.11 bits per heavy atom. The Labute approximate surface area is 196 Å². The minimum absolute atomic E-state index is 0.117. The van der Waals surface area contributed by atoms with Crippen molar-refractivity contribution in [2.24, 2.45) is 7.05 Å². The van der Waals surface area contributed by atoms with Crippen molar-refractivity contribution in [1.82, 2.24) is 34.2 Å². The van der Waals surface area contributed by atoms with Crippen LogP contribution in [0.15, 0.2) is 61.2 Å². The van der Waals surface area contributed by atoms with E-state index in [1.54, 1.807) is 39.8 Å². The lowest BCUT2D eigenvalue weighted by Crippen LogP contribution is -2.12. The Morgan fingerprint density at radius 3 is 2.69 bits per heavy atom. The van der Waals surface area contributed by atoms with Gasteiger partial charge in [-0.05, 0) is 30.7 Å². The van der Waals surface area contributed by atoms with Gasteiger partial charge in [0.2, 0.25) is 0 Å². The maximum absolute atomic E-state index is 12.9. The second-order valence-corrected chi connectivity index (χ2v) is 7.98. The topological polar surface area (TPSA) is 94.9 Å². The van der Waals surface area contributed by atoms with Crippen molar-refractivity contribution in [3.63, 3.8) is 0 Å². The smallest absolute Gasteiger partial charge is 0.318 e.